The molecule has 0 aliphatic carbocycles. The van der Waals surface area contributed by atoms with E-state index in [9.17, 15) is 10.1 Å². The highest BCUT2D eigenvalue weighted by atomic mass is 16.6. The van der Waals surface area contributed by atoms with Crippen molar-refractivity contribution in [2.24, 2.45) is 0 Å². The van der Waals surface area contributed by atoms with Gasteiger partial charge in [0.25, 0.3) is 5.69 Å². The van der Waals surface area contributed by atoms with Gasteiger partial charge in [-0.2, -0.15) is 0 Å². The van der Waals surface area contributed by atoms with E-state index in [1.807, 2.05) is 45.2 Å². The zero-order chi connectivity index (χ0) is 20.1. The summed E-state index contributed by atoms with van der Waals surface area (Å²) in [5, 5.41) is 19.0. The van der Waals surface area contributed by atoms with Gasteiger partial charge in [0, 0.05) is 24.2 Å². The second kappa shape index (κ2) is 8.62. The molecule has 0 N–H and O–H groups in total. The summed E-state index contributed by atoms with van der Waals surface area (Å²) in [6.07, 6.45) is 0. The molecule has 1 aromatic heterocycles. The molecule has 8 heteroatoms. The maximum atomic E-state index is 10.8. The normalized spacial score (nSPS) is 12.1. The van der Waals surface area contributed by atoms with Crippen LogP contribution < -0.4 is 4.74 Å². The molecule has 2 aromatic carbocycles. The van der Waals surface area contributed by atoms with Gasteiger partial charge < -0.3 is 9.15 Å². The Hall–Kier alpha value is -3.26. The lowest BCUT2D eigenvalue weighted by atomic mass is 10.2. The Morgan fingerprint density at radius 2 is 1.82 bits per heavy atom. The average molecular weight is 382 g/mol. The fourth-order valence-corrected chi connectivity index (χ4v) is 2.72. The number of nitro groups is 1. The Kier molecular flexibility index (Phi) is 6.00. The maximum Gasteiger partial charge on any atom is 0.269 e. The van der Waals surface area contributed by atoms with Gasteiger partial charge in [-0.15, -0.1) is 10.2 Å². The molecule has 1 atom stereocenters. The molecule has 0 bridgehead atoms. The molecule has 3 rings (SSSR count). The minimum absolute atomic E-state index is 0.0203. The molecule has 0 fully saturated rings. The Morgan fingerprint density at radius 1 is 1.14 bits per heavy atom. The quantitative estimate of drug-likeness (QED) is 0.425. The van der Waals surface area contributed by atoms with Gasteiger partial charge in [-0.25, -0.2) is 0 Å². The Balaban J connectivity index is 1.67. The summed E-state index contributed by atoms with van der Waals surface area (Å²) in [6, 6.07) is 13.9. The van der Waals surface area contributed by atoms with Gasteiger partial charge in [-0.3, -0.25) is 15.0 Å². The number of rotatable bonds is 8. The zero-order valence-corrected chi connectivity index (χ0v) is 16.0. The van der Waals surface area contributed by atoms with Crippen LogP contribution in [0.4, 0.5) is 5.69 Å². The topological polar surface area (TPSA) is 94.5 Å². The van der Waals surface area contributed by atoms with Crippen LogP contribution in [0.25, 0.3) is 11.5 Å². The fourth-order valence-electron chi connectivity index (χ4n) is 2.72. The van der Waals surface area contributed by atoms with Crippen LogP contribution in [0.1, 0.15) is 31.3 Å². The molecular weight excluding hydrogens is 360 g/mol. The second-order valence-electron chi connectivity index (χ2n) is 6.42. The van der Waals surface area contributed by atoms with E-state index in [-0.39, 0.29) is 11.7 Å². The summed E-state index contributed by atoms with van der Waals surface area (Å²) in [7, 11) is 1.98. The van der Waals surface area contributed by atoms with Crippen molar-refractivity contribution < 1.29 is 14.1 Å². The van der Waals surface area contributed by atoms with Crippen LogP contribution in [0, 0.1) is 10.1 Å². The summed E-state index contributed by atoms with van der Waals surface area (Å²) < 4.78 is 11.3. The number of nitrogens with zero attached hydrogens (tertiary/aromatic N) is 4. The van der Waals surface area contributed by atoms with Crippen LogP contribution >= 0.6 is 0 Å². The first kappa shape index (κ1) is 19.5. The van der Waals surface area contributed by atoms with Crippen LogP contribution in [-0.4, -0.2) is 33.7 Å². The minimum atomic E-state index is -0.443. The number of ether oxygens (including phenoxy) is 1. The summed E-state index contributed by atoms with van der Waals surface area (Å²) in [4.78, 5) is 12.4. The molecule has 0 amide bonds. The van der Waals surface area contributed by atoms with Gasteiger partial charge >= 0.3 is 0 Å². The Morgan fingerprint density at radius 3 is 2.43 bits per heavy atom. The van der Waals surface area contributed by atoms with E-state index in [0.717, 1.165) is 11.3 Å². The van der Waals surface area contributed by atoms with Crippen LogP contribution in [0.2, 0.25) is 0 Å². The van der Waals surface area contributed by atoms with Gasteiger partial charge in [-0.1, -0.05) is 12.1 Å². The van der Waals surface area contributed by atoms with Gasteiger partial charge in [0.05, 0.1) is 17.6 Å². The van der Waals surface area contributed by atoms with Crippen molar-refractivity contribution in [2.75, 3.05) is 13.7 Å². The number of hydrogen-bond acceptors (Lipinski definition) is 7. The van der Waals surface area contributed by atoms with E-state index in [1.165, 1.54) is 12.1 Å². The van der Waals surface area contributed by atoms with Crippen LogP contribution in [-0.2, 0) is 6.54 Å². The molecule has 146 valence electrons. The minimum Gasteiger partial charge on any atom is -0.494 e. The number of non-ortho nitro benzene ring substituents is 1. The summed E-state index contributed by atoms with van der Waals surface area (Å²) in [5.74, 6) is 1.68. The summed E-state index contributed by atoms with van der Waals surface area (Å²) in [5.41, 5.74) is 1.81. The number of benzene rings is 2. The average Bonchev–Trinajstić information content (AvgIpc) is 3.19. The molecule has 8 nitrogen and oxygen atoms in total. The van der Waals surface area contributed by atoms with Crippen molar-refractivity contribution in [1.29, 1.82) is 0 Å². The van der Waals surface area contributed by atoms with Crippen molar-refractivity contribution in [3.05, 3.63) is 70.1 Å². The third-order valence-electron chi connectivity index (χ3n) is 4.45. The molecule has 0 spiro atoms. The van der Waals surface area contributed by atoms with Gasteiger partial charge in [0.1, 0.15) is 5.75 Å². The standard InChI is InChI=1S/C20H22N4O4/c1-4-27-18-11-5-15(6-12-18)13-23(3)14(2)19-21-22-20(28-19)16-7-9-17(10-8-16)24(25)26/h5-12,14H,4,13H2,1-3H3/t14-/m1/s1. The molecular formula is C20H22N4O4. The van der Waals surface area contributed by atoms with Crippen molar-refractivity contribution in [3.8, 4) is 17.2 Å². The number of nitro benzene ring substituents is 1. The molecule has 28 heavy (non-hydrogen) atoms. The molecule has 0 saturated carbocycles. The van der Waals surface area contributed by atoms with Gasteiger partial charge in [-0.05, 0) is 50.7 Å². The maximum absolute atomic E-state index is 10.8. The van der Waals surface area contributed by atoms with Crippen LogP contribution in [0.5, 0.6) is 5.75 Å². The number of aromatic nitrogens is 2. The zero-order valence-electron chi connectivity index (χ0n) is 16.0. The van der Waals surface area contributed by atoms with Crippen LogP contribution in [0.3, 0.4) is 0 Å². The highest BCUT2D eigenvalue weighted by Crippen LogP contribution is 2.26. The predicted molar refractivity (Wildman–Crippen MR) is 104 cm³/mol. The van der Waals surface area contributed by atoms with Crippen molar-refractivity contribution >= 4 is 5.69 Å². The third-order valence-corrected chi connectivity index (χ3v) is 4.45. The smallest absolute Gasteiger partial charge is 0.269 e. The van der Waals surface area contributed by atoms with Gasteiger partial charge in [0.2, 0.25) is 11.8 Å². The molecule has 0 aliphatic heterocycles. The Bertz CT molecular complexity index is 922. The SMILES string of the molecule is CCOc1ccc(CN(C)[C@H](C)c2nnc(-c3ccc([N+](=O)[O-])cc3)o2)cc1. The lowest BCUT2D eigenvalue weighted by Gasteiger charge is -2.21. The van der Waals surface area contributed by atoms with Crippen LogP contribution in [0.15, 0.2) is 52.9 Å². The molecule has 0 unspecified atom stereocenters. The van der Waals surface area contributed by atoms with Crippen molar-refractivity contribution in [1.82, 2.24) is 15.1 Å². The highest BCUT2D eigenvalue weighted by Gasteiger charge is 2.19. The first-order chi connectivity index (χ1) is 13.5. The summed E-state index contributed by atoms with van der Waals surface area (Å²) >= 11 is 0. The van der Waals surface area contributed by atoms with E-state index < -0.39 is 4.92 Å². The highest BCUT2D eigenvalue weighted by molar-refractivity contribution is 5.55. The van der Waals surface area contributed by atoms with E-state index in [4.69, 9.17) is 9.15 Å². The van der Waals surface area contributed by atoms with E-state index in [1.54, 1.807) is 12.1 Å². The molecule has 0 aliphatic rings. The first-order valence-corrected chi connectivity index (χ1v) is 8.98. The Labute approximate surface area is 162 Å². The van der Waals surface area contributed by atoms with Gasteiger partial charge in [0.15, 0.2) is 0 Å². The van der Waals surface area contributed by atoms with E-state index >= 15 is 0 Å². The molecule has 0 saturated heterocycles. The van der Waals surface area contributed by atoms with Crippen molar-refractivity contribution in [3.63, 3.8) is 0 Å². The van der Waals surface area contributed by atoms with E-state index in [0.29, 0.717) is 30.5 Å². The van der Waals surface area contributed by atoms with Crippen molar-refractivity contribution in [2.45, 2.75) is 26.4 Å². The monoisotopic (exact) mass is 382 g/mol. The third kappa shape index (κ3) is 4.52. The predicted octanol–water partition coefficient (Wildman–Crippen LogP) is 4.24. The molecule has 0 radical (unpaired) electrons. The lowest BCUT2D eigenvalue weighted by molar-refractivity contribution is -0.384. The molecule has 3 aromatic rings. The number of hydrogen-bond donors (Lipinski definition) is 0. The lowest BCUT2D eigenvalue weighted by Crippen LogP contribution is -2.22. The largest absolute Gasteiger partial charge is 0.494 e. The second-order valence-corrected chi connectivity index (χ2v) is 6.42. The first-order valence-electron chi connectivity index (χ1n) is 8.98. The summed E-state index contributed by atoms with van der Waals surface area (Å²) in [6.45, 7) is 5.30. The van der Waals surface area contributed by atoms with E-state index in [2.05, 4.69) is 15.1 Å². The fraction of sp³-hybridized carbons (Fsp3) is 0.300. The molecule has 1 heterocycles.